The van der Waals surface area contributed by atoms with Gasteiger partial charge in [0.25, 0.3) is 5.91 Å². The first-order chi connectivity index (χ1) is 16.2. The van der Waals surface area contributed by atoms with Crippen LogP contribution < -0.4 is 14.2 Å². The van der Waals surface area contributed by atoms with Crippen molar-refractivity contribution in [3.63, 3.8) is 0 Å². The van der Waals surface area contributed by atoms with Crippen molar-refractivity contribution in [1.82, 2.24) is 9.80 Å². The fourth-order valence-electron chi connectivity index (χ4n) is 3.39. The number of ether oxygens (including phenoxy) is 3. The van der Waals surface area contributed by atoms with Crippen LogP contribution in [0.3, 0.4) is 0 Å². The number of nitrogens with zero attached hydrogens (tertiary/aromatic N) is 2. The van der Waals surface area contributed by atoms with Crippen molar-refractivity contribution in [2.45, 2.75) is 6.54 Å². The van der Waals surface area contributed by atoms with Crippen LogP contribution in [0.15, 0.2) is 40.9 Å². The van der Waals surface area contributed by atoms with E-state index >= 15 is 0 Å². The number of carbonyl (C=O) groups is 3. The number of piperazine rings is 1. The van der Waals surface area contributed by atoms with Gasteiger partial charge >= 0.3 is 11.9 Å². The summed E-state index contributed by atoms with van der Waals surface area (Å²) in [6, 6.07) is 11.7. The van der Waals surface area contributed by atoms with E-state index in [4.69, 9.17) is 34.0 Å². The molecule has 0 aromatic heterocycles. The molecule has 0 aliphatic carbocycles. The van der Waals surface area contributed by atoms with Gasteiger partial charge in [0.2, 0.25) is 5.75 Å². The molecular weight excluding hydrogens is 512 g/mol. The SMILES string of the molecule is COc1cc(C(=O)N2CCN(Cc3cccc(Br)c3)CC2)cc(OC)c1OC.O=C(O)C(=O)O. The van der Waals surface area contributed by atoms with E-state index in [2.05, 4.69) is 33.0 Å². The quantitative estimate of drug-likeness (QED) is 0.533. The monoisotopic (exact) mass is 538 g/mol. The second-order valence-electron chi connectivity index (χ2n) is 7.22. The average Bonchev–Trinajstić information content (AvgIpc) is 2.83. The van der Waals surface area contributed by atoms with E-state index in [1.165, 1.54) is 5.56 Å². The fraction of sp³-hybridized carbons (Fsp3) is 0.348. The number of benzene rings is 2. The summed E-state index contributed by atoms with van der Waals surface area (Å²) >= 11 is 3.51. The second kappa shape index (κ2) is 12.8. The smallest absolute Gasteiger partial charge is 0.414 e. The van der Waals surface area contributed by atoms with Gasteiger partial charge in [0.15, 0.2) is 11.5 Å². The van der Waals surface area contributed by atoms with Gasteiger partial charge in [0, 0.05) is 42.8 Å². The van der Waals surface area contributed by atoms with Gasteiger partial charge in [-0.3, -0.25) is 9.69 Å². The summed E-state index contributed by atoms with van der Waals surface area (Å²) in [6.45, 7) is 3.92. The summed E-state index contributed by atoms with van der Waals surface area (Å²) in [5, 5.41) is 14.8. The van der Waals surface area contributed by atoms with Gasteiger partial charge in [0.05, 0.1) is 21.3 Å². The Morgan fingerprint density at radius 1 is 0.882 bits per heavy atom. The van der Waals surface area contributed by atoms with Gasteiger partial charge in [0.1, 0.15) is 0 Å². The molecule has 1 saturated heterocycles. The Morgan fingerprint density at radius 2 is 1.44 bits per heavy atom. The number of rotatable bonds is 6. The number of carboxylic acid groups (broad SMARTS) is 2. The molecule has 1 amide bonds. The molecule has 2 aromatic rings. The normalized spacial score (nSPS) is 13.4. The molecule has 1 aliphatic rings. The van der Waals surface area contributed by atoms with Gasteiger partial charge in [-0.2, -0.15) is 0 Å². The number of hydrogen-bond acceptors (Lipinski definition) is 7. The van der Waals surface area contributed by atoms with E-state index in [1.807, 2.05) is 17.0 Å². The van der Waals surface area contributed by atoms with Crippen molar-refractivity contribution in [1.29, 1.82) is 0 Å². The highest BCUT2D eigenvalue weighted by Gasteiger charge is 2.24. The van der Waals surface area contributed by atoms with Crippen molar-refractivity contribution in [2.24, 2.45) is 0 Å². The van der Waals surface area contributed by atoms with Gasteiger partial charge in [-0.25, -0.2) is 9.59 Å². The largest absolute Gasteiger partial charge is 0.493 e. The summed E-state index contributed by atoms with van der Waals surface area (Å²) in [4.78, 5) is 35.4. The summed E-state index contributed by atoms with van der Waals surface area (Å²) in [5.74, 6) is -2.22. The first-order valence-corrected chi connectivity index (χ1v) is 11.0. The van der Waals surface area contributed by atoms with E-state index < -0.39 is 11.9 Å². The molecule has 1 heterocycles. The van der Waals surface area contributed by atoms with Gasteiger partial charge in [-0.1, -0.05) is 28.1 Å². The van der Waals surface area contributed by atoms with Gasteiger partial charge in [-0.15, -0.1) is 0 Å². The zero-order valence-corrected chi connectivity index (χ0v) is 20.7. The van der Waals surface area contributed by atoms with Crippen molar-refractivity contribution in [2.75, 3.05) is 47.5 Å². The van der Waals surface area contributed by atoms with Crippen molar-refractivity contribution in [3.8, 4) is 17.2 Å². The Morgan fingerprint density at radius 3 is 1.88 bits per heavy atom. The van der Waals surface area contributed by atoms with Crippen LogP contribution in [0.1, 0.15) is 15.9 Å². The first kappa shape index (κ1) is 26.9. The van der Waals surface area contributed by atoms with E-state index in [1.54, 1.807) is 33.5 Å². The third-order valence-corrected chi connectivity index (χ3v) is 5.54. The minimum Gasteiger partial charge on any atom is -0.493 e. The number of hydrogen-bond donors (Lipinski definition) is 2. The lowest BCUT2D eigenvalue weighted by molar-refractivity contribution is -0.159. The highest BCUT2D eigenvalue weighted by atomic mass is 79.9. The molecule has 0 radical (unpaired) electrons. The lowest BCUT2D eigenvalue weighted by Gasteiger charge is -2.35. The maximum absolute atomic E-state index is 13.0. The number of amides is 1. The van der Waals surface area contributed by atoms with Gasteiger partial charge in [-0.05, 0) is 29.8 Å². The molecule has 0 unspecified atom stereocenters. The number of aliphatic carboxylic acids is 2. The Labute approximate surface area is 205 Å². The number of halogens is 1. The molecule has 0 spiro atoms. The van der Waals surface area contributed by atoms with Crippen molar-refractivity contribution < 1.29 is 38.8 Å². The summed E-state index contributed by atoms with van der Waals surface area (Å²) in [7, 11) is 4.64. The lowest BCUT2D eigenvalue weighted by Crippen LogP contribution is -2.48. The van der Waals surface area contributed by atoms with Crippen LogP contribution in [-0.4, -0.2) is 85.4 Å². The molecule has 1 aliphatic heterocycles. The number of carbonyl (C=O) groups excluding carboxylic acids is 1. The van der Waals surface area contributed by atoms with Crippen LogP contribution in [0.2, 0.25) is 0 Å². The standard InChI is InChI=1S/C21H25BrN2O4.C2H2O4/c1-26-18-12-16(13-19(27-2)20(18)28-3)21(25)24-9-7-23(8-10-24)14-15-5-4-6-17(22)11-15;3-1(4)2(5)6/h4-6,11-13H,7-10,14H2,1-3H3;(H,3,4)(H,5,6). The molecule has 2 N–H and O–H groups in total. The molecule has 2 aromatic carbocycles. The third kappa shape index (κ3) is 7.35. The Kier molecular flexibility index (Phi) is 10.1. The molecule has 184 valence electrons. The van der Waals surface area contributed by atoms with E-state index in [-0.39, 0.29) is 5.91 Å². The predicted octanol–water partition coefficient (Wildman–Crippen LogP) is 2.59. The van der Waals surface area contributed by atoms with Gasteiger partial charge < -0.3 is 29.3 Å². The molecule has 11 heteroatoms. The maximum atomic E-state index is 13.0. The van der Waals surface area contributed by atoms with Crippen LogP contribution in [0.4, 0.5) is 0 Å². The van der Waals surface area contributed by atoms with Crippen LogP contribution in [-0.2, 0) is 16.1 Å². The molecular formula is C23H27BrN2O8. The molecule has 10 nitrogen and oxygen atoms in total. The Hall–Kier alpha value is -3.31. The first-order valence-electron chi connectivity index (χ1n) is 10.2. The topological polar surface area (TPSA) is 126 Å². The summed E-state index contributed by atoms with van der Waals surface area (Å²) in [5.41, 5.74) is 1.80. The molecule has 1 fully saturated rings. The number of methoxy groups -OCH3 is 3. The minimum absolute atomic E-state index is 0.0265. The second-order valence-corrected chi connectivity index (χ2v) is 8.14. The number of carboxylic acids is 2. The molecule has 0 saturated carbocycles. The lowest BCUT2D eigenvalue weighted by atomic mass is 10.1. The molecule has 3 rings (SSSR count). The van der Waals surface area contributed by atoms with Crippen LogP contribution >= 0.6 is 15.9 Å². The van der Waals surface area contributed by atoms with Crippen molar-refractivity contribution in [3.05, 3.63) is 52.0 Å². The minimum atomic E-state index is -1.82. The van der Waals surface area contributed by atoms with E-state index in [0.717, 1.165) is 24.1 Å². The molecule has 0 atom stereocenters. The fourth-order valence-corrected chi connectivity index (χ4v) is 3.84. The van der Waals surface area contributed by atoms with E-state index in [9.17, 15) is 4.79 Å². The average molecular weight is 539 g/mol. The summed E-state index contributed by atoms with van der Waals surface area (Å²) in [6.07, 6.45) is 0. The van der Waals surface area contributed by atoms with Crippen LogP contribution in [0.25, 0.3) is 0 Å². The highest BCUT2D eigenvalue weighted by molar-refractivity contribution is 9.10. The van der Waals surface area contributed by atoms with Crippen molar-refractivity contribution >= 4 is 33.8 Å². The van der Waals surface area contributed by atoms with Crippen LogP contribution in [0.5, 0.6) is 17.2 Å². The highest BCUT2D eigenvalue weighted by Crippen LogP contribution is 2.38. The van der Waals surface area contributed by atoms with E-state index in [0.29, 0.717) is 35.9 Å². The molecule has 0 bridgehead atoms. The zero-order chi connectivity index (χ0) is 25.3. The molecule has 34 heavy (non-hydrogen) atoms. The Balaban J connectivity index is 0.000000604. The zero-order valence-electron chi connectivity index (χ0n) is 19.1. The maximum Gasteiger partial charge on any atom is 0.414 e. The Bertz CT molecular complexity index is 985. The van der Waals surface area contributed by atoms with Crippen LogP contribution in [0, 0.1) is 0 Å². The summed E-state index contributed by atoms with van der Waals surface area (Å²) < 4.78 is 17.1. The third-order valence-electron chi connectivity index (χ3n) is 5.05. The predicted molar refractivity (Wildman–Crippen MR) is 127 cm³/mol.